The van der Waals surface area contributed by atoms with E-state index in [4.69, 9.17) is 27.9 Å². The van der Waals surface area contributed by atoms with Crippen LogP contribution in [0.25, 0.3) is 0 Å². The van der Waals surface area contributed by atoms with Crippen molar-refractivity contribution in [3.05, 3.63) is 33.8 Å². The van der Waals surface area contributed by atoms with Crippen LogP contribution < -0.4 is 0 Å². The highest BCUT2D eigenvalue weighted by Gasteiger charge is 2.32. The molecule has 1 atom stereocenters. The molecule has 1 aliphatic rings. The molecule has 0 aromatic heterocycles. The van der Waals surface area contributed by atoms with Crippen molar-refractivity contribution in [2.75, 3.05) is 13.2 Å². The second-order valence-electron chi connectivity index (χ2n) is 3.95. The molecule has 1 aromatic rings. The number of rotatable bonds is 2. The Hall–Kier alpha value is -0.280. The molecule has 15 heavy (non-hydrogen) atoms. The van der Waals surface area contributed by atoms with Crippen LogP contribution in [0, 0.1) is 0 Å². The summed E-state index contributed by atoms with van der Waals surface area (Å²) in [6.07, 6.45) is 1.23. The molecular weight excluding hydrogens is 235 g/mol. The van der Waals surface area contributed by atoms with E-state index in [-0.39, 0.29) is 0 Å². The first-order valence-corrected chi connectivity index (χ1v) is 5.59. The fraction of sp³-hybridized carbons (Fsp3) is 0.455. The van der Waals surface area contributed by atoms with E-state index in [1.54, 1.807) is 12.1 Å². The van der Waals surface area contributed by atoms with Gasteiger partial charge in [-0.1, -0.05) is 29.3 Å². The van der Waals surface area contributed by atoms with Crippen molar-refractivity contribution in [2.24, 2.45) is 0 Å². The number of hydrogen-bond donors (Lipinski definition) is 1. The van der Waals surface area contributed by atoms with Gasteiger partial charge in [-0.2, -0.15) is 0 Å². The van der Waals surface area contributed by atoms with Gasteiger partial charge in [-0.15, -0.1) is 0 Å². The van der Waals surface area contributed by atoms with Crippen molar-refractivity contribution in [3.8, 4) is 0 Å². The Balaban J connectivity index is 2.13. The normalized spacial score (nSPS) is 25.8. The van der Waals surface area contributed by atoms with Crippen molar-refractivity contribution in [1.29, 1.82) is 0 Å². The number of benzene rings is 1. The van der Waals surface area contributed by atoms with Crippen molar-refractivity contribution in [1.82, 2.24) is 0 Å². The van der Waals surface area contributed by atoms with Gasteiger partial charge in [0.25, 0.3) is 0 Å². The van der Waals surface area contributed by atoms with Gasteiger partial charge in [0.15, 0.2) is 0 Å². The smallest absolute Gasteiger partial charge is 0.0942 e. The second-order valence-corrected chi connectivity index (χ2v) is 4.77. The minimum Gasteiger partial charge on any atom is -0.387 e. The predicted molar refractivity (Wildman–Crippen MR) is 60.6 cm³/mol. The molecule has 1 N–H and O–H groups in total. The van der Waals surface area contributed by atoms with Crippen LogP contribution in [-0.4, -0.2) is 23.9 Å². The van der Waals surface area contributed by atoms with Crippen LogP contribution in [0.1, 0.15) is 12.0 Å². The molecule has 0 radical (unpaired) electrons. The molecule has 82 valence electrons. The fourth-order valence-electron chi connectivity index (χ4n) is 1.77. The molecule has 1 fully saturated rings. The summed E-state index contributed by atoms with van der Waals surface area (Å²) in [7, 11) is 0. The van der Waals surface area contributed by atoms with Gasteiger partial charge in [0.2, 0.25) is 0 Å². The summed E-state index contributed by atoms with van der Waals surface area (Å²) in [4.78, 5) is 0. The lowest BCUT2D eigenvalue weighted by Crippen LogP contribution is -2.31. The number of aliphatic hydroxyl groups is 1. The zero-order valence-electron chi connectivity index (χ0n) is 8.17. The number of ether oxygens (including phenoxy) is 1. The molecule has 0 spiro atoms. The summed E-state index contributed by atoms with van der Waals surface area (Å²) in [5.74, 6) is 0. The third-order valence-corrected chi connectivity index (χ3v) is 3.34. The monoisotopic (exact) mass is 246 g/mol. The zero-order valence-corrected chi connectivity index (χ0v) is 9.68. The standard InChI is InChI=1S/C11H12Cl2O2/c12-9-2-1-8(5-10(9)13)6-11(14)3-4-15-7-11/h1-2,5,14H,3-4,6-7H2. The first kappa shape index (κ1) is 11.2. The van der Waals surface area contributed by atoms with Gasteiger partial charge in [0.1, 0.15) is 0 Å². The summed E-state index contributed by atoms with van der Waals surface area (Å²) in [5.41, 5.74) is 0.245. The first-order valence-electron chi connectivity index (χ1n) is 4.83. The SMILES string of the molecule is OC1(Cc2ccc(Cl)c(Cl)c2)CCOC1. The summed E-state index contributed by atoms with van der Waals surface area (Å²) < 4.78 is 5.18. The lowest BCUT2D eigenvalue weighted by Gasteiger charge is -2.20. The molecule has 1 aromatic carbocycles. The van der Waals surface area contributed by atoms with E-state index in [9.17, 15) is 5.11 Å². The maximum Gasteiger partial charge on any atom is 0.0942 e. The third-order valence-electron chi connectivity index (χ3n) is 2.60. The van der Waals surface area contributed by atoms with Crippen LogP contribution in [-0.2, 0) is 11.2 Å². The molecule has 0 saturated carbocycles. The van der Waals surface area contributed by atoms with E-state index in [1.807, 2.05) is 6.07 Å². The highest BCUT2D eigenvalue weighted by atomic mass is 35.5. The summed E-state index contributed by atoms with van der Waals surface area (Å²) in [5, 5.41) is 11.2. The molecule has 2 rings (SSSR count). The molecule has 2 nitrogen and oxygen atoms in total. The Labute approximate surface area is 98.8 Å². The molecule has 0 amide bonds. The van der Waals surface area contributed by atoms with Crippen LogP contribution in [0.5, 0.6) is 0 Å². The van der Waals surface area contributed by atoms with Crippen LogP contribution >= 0.6 is 23.2 Å². The Bertz CT molecular complexity index is 360. The molecule has 0 aliphatic carbocycles. The highest BCUT2D eigenvalue weighted by Crippen LogP contribution is 2.27. The topological polar surface area (TPSA) is 29.5 Å². The summed E-state index contributed by atoms with van der Waals surface area (Å²) >= 11 is 11.7. The minimum atomic E-state index is -0.739. The van der Waals surface area contributed by atoms with Gasteiger partial charge in [-0.3, -0.25) is 0 Å². The Morgan fingerprint density at radius 1 is 1.33 bits per heavy atom. The van der Waals surface area contributed by atoms with E-state index in [0.717, 1.165) is 5.56 Å². The van der Waals surface area contributed by atoms with Crippen molar-refractivity contribution in [3.63, 3.8) is 0 Å². The zero-order chi connectivity index (χ0) is 10.9. The Kier molecular flexibility index (Phi) is 3.21. The van der Waals surface area contributed by atoms with Gasteiger partial charge < -0.3 is 9.84 Å². The van der Waals surface area contributed by atoms with Crippen LogP contribution in [0.2, 0.25) is 10.0 Å². The molecule has 1 aliphatic heterocycles. The van der Waals surface area contributed by atoms with Crippen molar-refractivity contribution >= 4 is 23.2 Å². The second kappa shape index (κ2) is 4.30. The van der Waals surface area contributed by atoms with Crippen LogP contribution in [0.4, 0.5) is 0 Å². The third kappa shape index (κ3) is 2.64. The van der Waals surface area contributed by atoms with Crippen molar-refractivity contribution in [2.45, 2.75) is 18.4 Å². The highest BCUT2D eigenvalue weighted by molar-refractivity contribution is 6.42. The van der Waals surface area contributed by atoms with E-state index < -0.39 is 5.60 Å². The minimum absolute atomic E-state index is 0.396. The maximum absolute atomic E-state index is 10.1. The van der Waals surface area contributed by atoms with E-state index in [1.165, 1.54) is 0 Å². The number of hydrogen-bond acceptors (Lipinski definition) is 2. The van der Waals surface area contributed by atoms with Gasteiger partial charge in [0.05, 0.1) is 22.3 Å². The first-order chi connectivity index (χ1) is 7.09. The van der Waals surface area contributed by atoms with E-state index in [0.29, 0.717) is 36.1 Å². The van der Waals surface area contributed by atoms with Gasteiger partial charge in [-0.25, -0.2) is 0 Å². The summed E-state index contributed by atoms with van der Waals surface area (Å²) in [6, 6.07) is 5.42. The average Bonchev–Trinajstić information content (AvgIpc) is 2.59. The average molecular weight is 247 g/mol. The largest absolute Gasteiger partial charge is 0.387 e. The molecular formula is C11H12Cl2O2. The van der Waals surface area contributed by atoms with Gasteiger partial charge in [0, 0.05) is 19.4 Å². The quantitative estimate of drug-likeness (QED) is 0.870. The van der Waals surface area contributed by atoms with Gasteiger partial charge in [-0.05, 0) is 17.7 Å². The van der Waals surface area contributed by atoms with Crippen LogP contribution in [0.15, 0.2) is 18.2 Å². The lowest BCUT2D eigenvalue weighted by atomic mass is 9.94. The maximum atomic E-state index is 10.1. The molecule has 1 heterocycles. The predicted octanol–water partition coefficient (Wildman–Crippen LogP) is 2.69. The molecule has 1 unspecified atom stereocenters. The Morgan fingerprint density at radius 3 is 2.73 bits per heavy atom. The van der Waals surface area contributed by atoms with Gasteiger partial charge >= 0.3 is 0 Å². The van der Waals surface area contributed by atoms with E-state index in [2.05, 4.69) is 0 Å². The molecule has 4 heteroatoms. The van der Waals surface area contributed by atoms with E-state index >= 15 is 0 Å². The van der Waals surface area contributed by atoms with Crippen molar-refractivity contribution < 1.29 is 9.84 Å². The fourth-order valence-corrected chi connectivity index (χ4v) is 2.09. The summed E-state index contributed by atoms with van der Waals surface area (Å²) in [6.45, 7) is 1.02. The lowest BCUT2D eigenvalue weighted by molar-refractivity contribution is 0.0270. The van der Waals surface area contributed by atoms with Crippen LogP contribution in [0.3, 0.4) is 0 Å². The number of halogens is 2. The molecule has 0 bridgehead atoms. The Morgan fingerprint density at radius 2 is 2.13 bits per heavy atom. The molecule has 1 saturated heterocycles.